The molecule has 3 N–H and O–H groups in total. The molecule has 0 rings (SSSR count). The van der Waals surface area contributed by atoms with E-state index in [4.69, 9.17) is 37.0 Å². The summed E-state index contributed by atoms with van der Waals surface area (Å²) in [6.07, 6.45) is 49.8. The second-order valence-corrected chi connectivity index (χ2v) is 29.8. The number of rotatable bonds is 71. The van der Waals surface area contributed by atoms with Crippen LogP contribution in [-0.4, -0.2) is 96.7 Å². The van der Waals surface area contributed by atoms with Crippen molar-refractivity contribution >= 4 is 39.5 Å². The molecule has 17 nitrogen and oxygen atoms in total. The highest BCUT2D eigenvalue weighted by molar-refractivity contribution is 7.47. The molecule has 0 aliphatic carbocycles. The summed E-state index contributed by atoms with van der Waals surface area (Å²) in [5, 5.41) is 10.6. The van der Waals surface area contributed by atoms with E-state index in [1.54, 1.807) is 0 Å². The second kappa shape index (κ2) is 64.1. The minimum Gasteiger partial charge on any atom is -0.462 e. The monoisotopic (exact) mass is 1340 g/mol. The number of ether oxygens (including phenoxy) is 4. The number of phosphoric ester groups is 2. The van der Waals surface area contributed by atoms with Crippen LogP contribution in [0.15, 0.2) is 0 Å². The van der Waals surface area contributed by atoms with Gasteiger partial charge in [-0.05, 0) is 37.5 Å². The lowest BCUT2D eigenvalue weighted by Crippen LogP contribution is -2.30. The molecular weight excluding hydrogens is 1200 g/mol. The molecule has 5 atom stereocenters. The molecule has 0 aromatic carbocycles. The average Bonchev–Trinajstić information content (AvgIpc) is 3.16. The molecule has 0 radical (unpaired) electrons. The van der Waals surface area contributed by atoms with Gasteiger partial charge in [0, 0.05) is 25.7 Å². The molecule has 0 amide bonds. The van der Waals surface area contributed by atoms with Gasteiger partial charge in [-0.25, -0.2) is 9.13 Å². The van der Waals surface area contributed by atoms with Crippen LogP contribution in [0, 0.1) is 11.8 Å². The van der Waals surface area contributed by atoms with Gasteiger partial charge in [0.1, 0.15) is 19.3 Å². The van der Waals surface area contributed by atoms with Crippen molar-refractivity contribution in [1.29, 1.82) is 0 Å². The van der Waals surface area contributed by atoms with Crippen LogP contribution in [0.1, 0.15) is 369 Å². The van der Waals surface area contributed by atoms with E-state index in [0.717, 1.165) is 102 Å². The summed E-state index contributed by atoms with van der Waals surface area (Å²) in [5.74, 6) is -0.625. The summed E-state index contributed by atoms with van der Waals surface area (Å²) in [7, 11) is -9.90. The van der Waals surface area contributed by atoms with E-state index in [2.05, 4.69) is 41.5 Å². The summed E-state index contributed by atoms with van der Waals surface area (Å²) in [6.45, 7) is 9.54. The molecule has 0 aromatic heterocycles. The molecule has 0 heterocycles. The fraction of sp³-hybridized carbons (Fsp3) is 0.944. The van der Waals surface area contributed by atoms with Gasteiger partial charge >= 0.3 is 39.5 Å². The predicted molar refractivity (Wildman–Crippen MR) is 368 cm³/mol. The SMILES string of the molecule is CCCCCCCCCCCCCCCCCC(=O)O[C@H](COC(=O)CCCCCCCCCCCCC(C)C)COP(=O)(O)OC[C@@H](O)COP(=O)(O)OC[C@@H](COC(=O)CCCCCCCCCCCCC)OC(=O)CCCCCCCCCCCC(C)C. The van der Waals surface area contributed by atoms with Crippen LogP contribution in [-0.2, 0) is 65.4 Å². The number of carbonyl (C=O) groups is 4. The lowest BCUT2D eigenvalue weighted by atomic mass is 10.0. The second-order valence-electron chi connectivity index (χ2n) is 26.9. The van der Waals surface area contributed by atoms with Gasteiger partial charge in [-0.3, -0.25) is 37.3 Å². The van der Waals surface area contributed by atoms with Crippen molar-refractivity contribution in [3.05, 3.63) is 0 Å². The number of hydrogen-bond acceptors (Lipinski definition) is 15. The third-order valence-electron chi connectivity index (χ3n) is 16.7. The molecule has 19 heteroatoms. The Kier molecular flexibility index (Phi) is 62.7. The van der Waals surface area contributed by atoms with Crippen molar-refractivity contribution in [2.24, 2.45) is 11.8 Å². The molecule has 0 aliphatic rings. The quantitative estimate of drug-likeness (QED) is 0.0222. The van der Waals surface area contributed by atoms with Crippen LogP contribution >= 0.6 is 15.6 Å². The molecular formula is C72H140O17P2. The summed E-state index contributed by atoms with van der Waals surface area (Å²) >= 11 is 0. The van der Waals surface area contributed by atoms with Crippen LogP contribution in [0.4, 0.5) is 0 Å². The van der Waals surface area contributed by atoms with E-state index in [9.17, 15) is 43.2 Å². The van der Waals surface area contributed by atoms with Crippen LogP contribution < -0.4 is 0 Å². The Morgan fingerprint density at radius 1 is 0.297 bits per heavy atom. The maximum absolute atomic E-state index is 13.0. The van der Waals surface area contributed by atoms with Crippen molar-refractivity contribution in [3.63, 3.8) is 0 Å². The molecule has 0 bridgehead atoms. The Labute approximate surface area is 556 Å². The number of esters is 4. The first-order chi connectivity index (χ1) is 43.9. The molecule has 0 fully saturated rings. The van der Waals surface area contributed by atoms with Gasteiger partial charge in [0.05, 0.1) is 26.4 Å². The van der Waals surface area contributed by atoms with Crippen LogP contribution in [0.3, 0.4) is 0 Å². The summed E-state index contributed by atoms with van der Waals surface area (Å²) in [5.41, 5.74) is 0. The topological polar surface area (TPSA) is 237 Å². The number of carbonyl (C=O) groups excluding carboxylic acids is 4. The van der Waals surface area contributed by atoms with Crippen LogP contribution in [0.5, 0.6) is 0 Å². The van der Waals surface area contributed by atoms with E-state index >= 15 is 0 Å². The van der Waals surface area contributed by atoms with E-state index in [1.807, 2.05) is 0 Å². The fourth-order valence-electron chi connectivity index (χ4n) is 10.9. The van der Waals surface area contributed by atoms with Gasteiger partial charge in [-0.1, -0.05) is 318 Å². The summed E-state index contributed by atoms with van der Waals surface area (Å²) in [6, 6.07) is 0. The number of aliphatic hydroxyl groups is 1. The van der Waals surface area contributed by atoms with Crippen molar-refractivity contribution in [2.75, 3.05) is 39.6 Å². The predicted octanol–water partition coefficient (Wildman–Crippen LogP) is 20.8. The van der Waals surface area contributed by atoms with Gasteiger partial charge in [0.2, 0.25) is 0 Å². The maximum atomic E-state index is 13.0. The zero-order valence-electron chi connectivity index (χ0n) is 59.1. The van der Waals surface area contributed by atoms with Gasteiger partial charge in [0.15, 0.2) is 12.2 Å². The van der Waals surface area contributed by atoms with Crippen molar-refractivity contribution in [1.82, 2.24) is 0 Å². The van der Waals surface area contributed by atoms with Crippen molar-refractivity contribution in [3.8, 4) is 0 Å². The molecule has 540 valence electrons. The van der Waals surface area contributed by atoms with Crippen molar-refractivity contribution < 1.29 is 80.2 Å². The first kappa shape index (κ1) is 89.1. The zero-order valence-corrected chi connectivity index (χ0v) is 60.9. The smallest absolute Gasteiger partial charge is 0.462 e. The molecule has 91 heavy (non-hydrogen) atoms. The Balaban J connectivity index is 5.26. The van der Waals surface area contributed by atoms with Crippen LogP contribution in [0.2, 0.25) is 0 Å². The Morgan fingerprint density at radius 2 is 0.505 bits per heavy atom. The third-order valence-corrected chi connectivity index (χ3v) is 18.6. The maximum Gasteiger partial charge on any atom is 0.472 e. The minimum absolute atomic E-state index is 0.106. The van der Waals surface area contributed by atoms with E-state index < -0.39 is 97.5 Å². The Bertz CT molecular complexity index is 1770. The summed E-state index contributed by atoms with van der Waals surface area (Å²) < 4.78 is 68.4. The Morgan fingerprint density at radius 3 is 0.747 bits per heavy atom. The average molecular weight is 1340 g/mol. The van der Waals surface area contributed by atoms with E-state index in [0.29, 0.717) is 25.7 Å². The lowest BCUT2D eigenvalue weighted by molar-refractivity contribution is -0.161. The number of hydrogen-bond donors (Lipinski definition) is 3. The summed E-state index contributed by atoms with van der Waals surface area (Å²) in [4.78, 5) is 72.6. The van der Waals surface area contributed by atoms with Gasteiger partial charge in [0.25, 0.3) is 0 Å². The van der Waals surface area contributed by atoms with Gasteiger partial charge < -0.3 is 33.8 Å². The molecule has 0 aliphatic heterocycles. The third kappa shape index (κ3) is 66.5. The molecule has 0 saturated carbocycles. The zero-order chi connectivity index (χ0) is 67.2. The highest BCUT2D eigenvalue weighted by atomic mass is 31.2. The number of unbranched alkanes of at least 4 members (excludes halogenated alkanes) is 41. The standard InChI is InChI=1S/C72H140O17P2/c1-7-9-11-13-15-17-19-20-21-22-24-32-38-44-50-56-71(76)88-67(60-83-70(75)55-49-43-37-31-26-25-28-34-40-46-52-64(3)4)62-86-90(78,79)84-58-66(73)59-85-91(80,81)87-63-68(61-82-69(74)54-48-42-36-30-23-18-16-14-12-10-8-2)89-72(77)57-51-45-39-33-27-29-35-41-47-53-65(5)6/h64-68,73H,7-63H2,1-6H3,(H,78,79)(H,80,81)/t66-,67-,68-/m1/s1. The van der Waals surface area contributed by atoms with Gasteiger partial charge in [-0.2, -0.15) is 0 Å². The van der Waals surface area contributed by atoms with Crippen molar-refractivity contribution in [2.45, 2.75) is 387 Å². The fourth-order valence-corrected chi connectivity index (χ4v) is 12.5. The normalized spacial score (nSPS) is 14.1. The van der Waals surface area contributed by atoms with E-state index in [1.165, 1.54) is 186 Å². The highest BCUT2D eigenvalue weighted by Gasteiger charge is 2.30. The minimum atomic E-state index is -4.95. The van der Waals surface area contributed by atoms with Crippen LogP contribution in [0.25, 0.3) is 0 Å². The molecule has 0 aromatic rings. The highest BCUT2D eigenvalue weighted by Crippen LogP contribution is 2.45. The van der Waals surface area contributed by atoms with Gasteiger partial charge in [-0.15, -0.1) is 0 Å². The largest absolute Gasteiger partial charge is 0.472 e. The molecule has 0 saturated heterocycles. The molecule has 0 spiro atoms. The first-order valence-electron chi connectivity index (χ1n) is 37.5. The van der Waals surface area contributed by atoms with E-state index in [-0.39, 0.29) is 25.7 Å². The first-order valence-corrected chi connectivity index (χ1v) is 40.5. The molecule has 2 unspecified atom stereocenters. The Hall–Kier alpha value is -1.94. The lowest BCUT2D eigenvalue weighted by Gasteiger charge is -2.21. The number of aliphatic hydroxyl groups excluding tert-OH is 1. The number of phosphoric acid groups is 2.